The Morgan fingerprint density at radius 3 is 1.32 bits per heavy atom. The maximum Gasteiger partial charge on any atom is 0.333 e. The van der Waals surface area contributed by atoms with Gasteiger partial charge in [0.2, 0.25) is 0 Å². The molecule has 0 saturated carbocycles. The topological polar surface area (TPSA) is 127 Å². The monoisotopic (exact) mass is 398 g/mol. The van der Waals surface area contributed by atoms with E-state index in [4.69, 9.17) is 19.7 Å². The number of carbonyl (C=O) groups excluding carboxylic acids is 2. The van der Waals surface area contributed by atoms with Crippen molar-refractivity contribution in [2.24, 2.45) is 0 Å². The van der Waals surface area contributed by atoms with Gasteiger partial charge in [-0.15, -0.1) is 0 Å². The second-order valence-corrected chi connectivity index (χ2v) is 5.87. The van der Waals surface area contributed by atoms with Gasteiger partial charge < -0.3 is 19.7 Å². The van der Waals surface area contributed by atoms with Crippen LogP contribution in [0.5, 0.6) is 0 Å². The van der Waals surface area contributed by atoms with Crippen LogP contribution in [0, 0.1) is 0 Å². The molecule has 28 heavy (non-hydrogen) atoms. The minimum absolute atomic E-state index is 0.176. The number of carboxylic acid groups (broad SMARTS) is 2. The Labute approximate surface area is 165 Å². The highest BCUT2D eigenvalue weighted by Gasteiger charge is 2.11. The molecule has 0 saturated heterocycles. The molecule has 158 valence electrons. The second kappa shape index (κ2) is 16.0. The molecule has 1 unspecified atom stereocenters. The van der Waals surface area contributed by atoms with Crippen LogP contribution < -0.4 is 0 Å². The molecule has 0 aliphatic heterocycles. The lowest BCUT2D eigenvalue weighted by Gasteiger charge is -2.13. The number of carbonyl (C=O) groups is 4. The van der Waals surface area contributed by atoms with Gasteiger partial charge in [-0.25, -0.2) is 19.2 Å². The molecule has 2 N–H and O–H groups in total. The fourth-order valence-corrected chi connectivity index (χ4v) is 0.783. The van der Waals surface area contributed by atoms with Crippen molar-refractivity contribution in [3.8, 4) is 0 Å². The normalized spacial score (nSPS) is 9.75. The Kier molecular flexibility index (Phi) is 17.0. The zero-order valence-corrected chi connectivity index (χ0v) is 17.2. The van der Waals surface area contributed by atoms with Crippen LogP contribution in [0.2, 0.25) is 0 Å². The van der Waals surface area contributed by atoms with Gasteiger partial charge in [0.1, 0.15) is 6.10 Å². The predicted molar refractivity (Wildman–Crippen MR) is 106 cm³/mol. The molecule has 0 fully saturated rings. The first kappa shape index (κ1) is 29.6. The van der Waals surface area contributed by atoms with Gasteiger partial charge in [-0.05, 0) is 34.6 Å². The molecule has 0 aromatic carbocycles. The van der Waals surface area contributed by atoms with Crippen LogP contribution in [0.4, 0.5) is 0 Å². The molecule has 0 bridgehead atoms. The van der Waals surface area contributed by atoms with E-state index in [0.717, 1.165) is 0 Å². The lowest BCUT2D eigenvalue weighted by atomic mass is 10.3. The predicted octanol–water partition coefficient (Wildman–Crippen LogP) is 3.30. The van der Waals surface area contributed by atoms with Crippen molar-refractivity contribution in [2.45, 2.75) is 47.1 Å². The molecule has 0 rings (SSSR count). The molecule has 1 atom stereocenters. The molecule has 0 heterocycles. The molecule has 0 aliphatic carbocycles. The quantitative estimate of drug-likeness (QED) is 0.471. The molecule has 0 aliphatic rings. The van der Waals surface area contributed by atoms with E-state index in [0.29, 0.717) is 17.6 Å². The number of hydrogen-bond acceptors (Lipinski definition) is 6. The molecule has 0 aromatic rings. The first-order chi connectivity index (χ1) is 12.6. The Balaban J connectivity index is -0.000000426. The van der Waals surface area contributed by atoms with Crippen molar-refractivity contribution in [3.63, 3.8) is 0 Å². The van der Waals surface area contributed by atoms with Gasteiger partial charge in [0.25, 0.3) is 0 Å². The van der Waals surface area contributed by atoms with Gasteiger partial charge >= 0.3 is 23.9 Å². The summed E-state index contributed by atoms with van der Waals surface area (Å²) < 4.78 is 9.87. The minimum atomic E-state index is -0.935. The first-order valence-electron chi connectivity index (χ1n) is 8.10. The van der Waals surface area contributed by atoms with E-state index in [-0.39, 0.29) is 23.9 Å². The van der Waals surface area contributed by atoms with E-state index in [1.807, 2.05) is 0 Å². The zero-order valence-electron chi connectivity index (χ0n) is 17.2. The first-order valence-corrected chi connectivity index (χ1v) is 8.10. The molecule has 0 spiro atoms. The van der Waals surface area contributed by atoms with Crippen molar-refractivity contribution >= 4 is 23.9 Å². The van der Waals surface area contributed by atoms with Gasteiger partial charge in [-0.2, -0.15) is 0 Å². The van der Waals surface area contributed by atoms with Crippen LogP contribution in [0.3, 0.4) is 0 Å². The maximum atomic E-state index is 11.1. The second-order valence-electron chi connectivity index (χ2n) is 5.87. The van der Waals surface area contributed by atoms with Crippen LogP contribution in [-0.4, -0.2) is 46.8 Å². The average molecular weight is 398 g/mol. The Morgan fingerprint density at radius 2 is 1.07 bits per heavy atom. The summed E-state index contributed by atoms with van der Waals surface area (Å²) in [5.41, 5.74) is 1.06. The summed E-state index contributed by atoms with van der Waals surface area (Å²) in [5, 5.41) is 15.8. The molecule has 8 nitrogen and oxygen atoms in total. The Hall–Kier alpha value is -3.16. The van der Waals surface area contributed by atoms with Gasteiger partial charge in [-0.3, -0.25) is 0 Å². The van der Waals surface area contributed by atoms with Crippen molar-refractivity contribution in [1.29, 1.82) is 0 Å². The number of ether oxygens (including phenoxy) is 2. The summed E-state index contributed by atoms with van der Waals surface area (Å²) >= 11 is 0. The summed E-state index contributed by atoms with van der Waals surface area (Å²) in [6.45, 7) is 21.2. The van der Waals surface area contributed by atoms with Crippen LogP contribution in [-0.2, 0) is 28.7 Å². The standard InChI is InChI=1S/C12H18O4.2C4H6O2/c1-8(2)11(13)15-7-6-10(5)16-12(14)9(3)4;2*1-3(2)4(5)6/h10H,1,3,6-7H2,2,4-5H3;2*1H2,2H3,(H,5,6). The Bertz CT molecular complexity index is 580. The molecular weight excluding hydrogens is 368 g/mol. The number of aliphatic carboxylic acids is 2. The number of carboxylic acids is 2. The van der Waals surface area contributed by atoms with E-state index in [2.05, 4.69) is 26.3 Å². The number of rotatable bonds is 8. The number of esters is 2. The fraction of sp³-hybridized carbons (Fsp3) is 0.400. The molecule has 8 heteroatoms. The van der Waals surface area contributed by atoms with Crippen LogP contribution in [0.15, 0.2) is 48.6 Å². The average Bonchev–Trinajstić information content (AvgIpc) is 2.55. The van der Waals surface area contributed by atoms with Crippen LogP contribution in [0.1, 0.15) is 41.0 Å². The van der Waals surface area contributed by atoms with E-state index in [1.165, 1.54) is 13.8 Å². The summed E-state index contributed by atoms with van der Waals surface area (Å²) in [6.07, 6.45) is 0.153. The third kappa shape index (κ3) is 20.9. The van der Waals surface area contributed by atoms with Gasteiger partial charge in [0.05, 0.1) is 6.61 Å². The van der Waals surface area contributed by atoms with Crippen molar-refractivity contribution in [2.75, 3.05) is 6.61 Å². The molecular formula is C20H30O8. The SMILES string of the molecule is C=C(C)C(=O)O.C=C(C)C(=O)O.C=C(C)C(=O)OCCC(C)OC(=O)C(=C)C. The molecule has 0 aromatic heterocycles. The summed E-state index contributed by atoms with van der Waals surface area (Å²) in [4.78, 5) is 41.3. The van der Waals surface area contributed by atoms with E-state index in [9.17, 15) is 19.2 Å². The number of hydrogen-bond donors (Lipinski definition) is 2. The summed E-state index contributed by atoms with van der Waals surface area (Å²) in [5.74, 6) is -2.73. The smallest absolute Gasteiger partial charge is 0.333 e. The van der Waals surface area contributed by atoms with Gasteiger partial charge in [0, 0.05) is 28.7 Å². The highest BCUT2D eigenvalue weighted by molar-refractivity contribution is 5.87. The fourth-order valence-electron chi connectivity index (χ4n) is 0.783. The third-order valence-corrected chi connectivity index (χ3v) is 2.49. The lowest BCUT2D eigenvalue weighted by molar-refractivity contribution is -0.145. The Morgan fingerprint density at radius 1 is 0.750 bits per heavy atom. The molecule has 0 radical (unpaired) electrons. The minimum Gasteiger partial charge on any atom is -0.478 e. The van der Waals surface area contributed by atoms with Crippen molar-refractivity contribution in [3.05, 3.63) is 48.6 Å². The highest BCUT2D eigenvalue weighted by Crippen LogP contribution is 2.03. The van der Waals surface area contributed by atoms with Gasteiger partial charge in [-0.1, -0.05) is 26.3 Å². The maximum absolute atomic E-state index is 11.1. The lowest BCUT2D eigenvalue weighted by Crippen LogP contribution is -2.18. The highest BCUT2D eigenvalue weighted by atomic mass is 16.6. The molecule has 0 amide bonds. The summed E-state index contributed by atoms with van der Waals surface area (Å²) in [6, 6.07) is 0. The van der Waals surface area contributed by atoms with E-state index < -0.39 is 23.9 Å². The zero-order chi connectivity index (χ0) is 23.0. The summed E-state index contributed by atoms with van der Waals surface area (Å²) in [7, 11) is 0. The van der Waals surface area contributed by atoms with E-state index in [1.54, 1.807) is 20.8 Å². The largest absolute Gasteiger partial charge is 0.478 e. The van der Waals surface area contributed by atoms with Gasteiger partial charge in [0.15, 0.2) is 0 Å². The van der Waals surface area contributed by atoms with Crippen LogP contribution >= 0.6 is 0 Å². The van der Waals surface area contributed by atoms with E-state index >= 15 is 0 Å². The van der Waals surface area contributed by atoms with Crippen LogP contribution in [0.25, 0.3) is 0 Å². The van der Waals surface area contributed by atoms with Crippen molar-refractivity contribution in [1.82, 2.24) is 0 Å². The third-order valence-electron chi connectivity index (χ3n) is 2.49. The van der Waals surface area contributed by atoms with Crippen molar-refractivity contribution < 1.29 is 38.9 Å².